The molecular formula is C20H22N2O3S. The summed E-state index contributed by atoms with van der Waals surface area (Å²) < 4.78 is 33.6. The number of aromatic nitrogens is 1. The van der Waals surface area contributed by atoms with E-state index < -0.39 is 26.2 Å². The van der Waals surface area contributed by atoms with Crippen LogP contribution in [0.1, 0.15) is 37.6 Å². The van der Waals surface area contributed by atoms with Gasteiger partial charge in [0.25, 0.3) is 0 Å². The first-order valence-corrected chi connectivity index (χ1v) is 10.3. The Balaban J connectivity index is 2.08. The van der Waals surface area contributed by atoms with Crippen LogP contribution >= 0.6 is 0 Å². The Labute approximate surface area is 154 Å². The number of sulfone groups is 1. The molecule has 2 aromatic rings. The van der Waals surface area contributed by atoms with Gasteiger partial charge in [-0.1, -0.05) is 30.3 Å². The highest BCUT2D eigenvalue weighted by atomic mass is 32.2. The van der Waals surface area contributed by atoms with Gasteiger partial charge in [-0.2, -0.15) is 0 Å². The van der Waals surface area contributed by atoms with E-state index >= 15 is 0 Å². The summed E-state index contributed by atoms with van der Waals surface area (Å²) in [4.78, 5) is 9.42. The van der Waals surface area contributed by atoms with E-state index in [0.717, 1.165) is 5.56 Å². The van der Waals surface area contributed by atoms with Gasteiger partial charge in [0.2, 0.25) is 0 Å². The van der Waals surface area contributed by atoms with Gasteiger partial charge >= 0.3 is 0 Å². The molecule has 3 heterocycles. The number of rotatable bonds is 3. The Morgan fingerprint density at radius 3 is 2.50 bits per heavy atom. The molecule has 2 atom stereocenters. The maximum absolute atomic E-state index is 13.6. The third-order valence-electron chi connectivity index (χ3n) is 5.45. The summed E-state index contributed by atoms with van der Waals surface area (Å²) in [5, 5.41) is -0.870. The quantitative estimate of drug-likeness (QED) is 0.833. The molecule has 0 spiro atoms. The van der Waals surface area contributed by atoms with Crippen LogP contribution in [-0.4, -0.2) is 36.5 Å². The van der Waals surface area contributed by atoms with Crippen molar-refractivity contribution in [2.75, 3.05) is 6.61 Å². The van der Waals surface area contributed by atoms with Gasteiger partial charge in [-0.25, -0.2) is 8.42 Å². The molecule has 0 amide bonds. The molecule has 2 unspecified atom stereocenters. The lowest BCUT2D eigenvalue weighted by Gasteiger charge is -2.39. The summed E-state index contributed by atoms with van der Waals surface area (Å²) in [6.07, 6.45) is 1.66. The molecule has 1 aromatic heterocycles. The monoisotopic (exact) mass is 370 g/mol. The summed E-state index contributed by atoms with van der Waals surface area (Å²) in [5.41, 5.74) is 0.796. The minimum absolute atomic E-state index is 0.301. The number of benzene rings is 1. The van der Waals surface area contributed by atoms with Crippen molar-refractivity contribution < 1.29 is 13.2 Å². The Morgan fingerprint density at radius 1 is 1.15 bits per heavy atom. The average Bonchev–Trinajstić information content (AvgIpc) is 2.96. The number of hydrogen-bond acceptors (Lipinski definition) is 5. The van der Waals surface area contributed by atoms with E-state index in [1.165, 1.54) is 0 Å². The van der Waals surface area contributed by atoms with Gasteiger partial charge in [0, 0.05) is 18.4 Å². The standard InChI is InChI=1S/C20H22N2O3S/c1-5-25-20-15-11-12-21-13(2)17(15)26(23,24)18(20)16(22-19(20,3)4)14-9-7-6-8-10-14/h6-12,18H,5H2,1-4H3. The number of ether oxygens (including phenoxy) is 1. The van der Waals surface area contributed by atoms with E-state index in [2.05, 4.69) is 4.98 Å². The summed E-state index contributed by atoms with van der Waals surface area (Å²) in [6.45, 7) is 7.93. The van der Waals surface area contributed by atoms with Gasteiger partial charge in [-0.3, -0.25) is 9.98 Å². The molecule has 4 rings (SSSR count). The molecule has 1 aromatic carbocycles. The topological polar surface area (TPSA) is 68.6 Å². The van der Waals surface area contributed by atoms with Crippen molar-refractivity contribution in [1.82, 2.24) is 4.98 Å². The van der Waals surface area contributed by atoms with Gasteiger partial charge in [-0.15, -0.1) is 0 Å². The number of fused-ring (bicyclic) bond motifs is 3. The van der Waals surface area contributed by atoms with Crippen molar-refractivity contribution >= 4 is 15.5 Å². The van der Waals surface area contributed by atoms with E-state index in [1.807, 2.05) is 51.1 Å². The molecule has 0 saturated heterocycles. The molecule has 6 heteroatoms. The first-order chi connectivity index (χ1) is 12.3. The fraction of sp³-hybridized carbons (Fsp3) is 0.400. The van der Waals surface area contributed by atoms with Crippen LogP contribution in [0.4, 0.5) is 0 Å². The number of aliphatic imine (C=N–C) groups is 1. The molecule has 0 saturated carbocycles. The van der Waals surface area contributed by atoms with E-state index in [4.69, 9.17) is 9.73 Å². The normalized spacial score (nSPS) is 27.7. The lowest BCUT2D eigenvalue weighted by Crippen LogP contribution is -2.52. The summed E-state index contributed by atoms with van der Waals surface area (Å²) >= 11 is 0. The number of hydrogen-bond donors (Lipinski definition) is 0. The van der Waals surface area contributed by atoms with Crippen LogP contribution in [0.5, 0.6) is 0 Å². The lowest BCUT2D eigenvalue weighted by molar-refractivity contribution is -0.0725. The molecule has 0 fully saturated rings. The van der Waals surface area contributed by atoms with Crippen LogP contribution in [0.25, 0.3) is 0 Å². The second-order valence-electron chi connectivity index (χ2n) is 7.29. The first kappa shape index (κ1) is 17.4. The van der Waals surface area contributed by atoms with Crippen molar-refractivity contribution in [3.8, 4) is 0 Å². The smallest absolute Gasteiger partial charge is 0.192 e. The van der Waals surface area contributed by atoms with E-state index in [9.17, 15) is 8.42 Å². The fourth-order valence-electron chi connectivity index (χ4n) is 4.50. The molecule has 2 aliphatic heterocycles. The average molecular weight is 370 g/mol. The van der Waals surface area contributed by atoms with Crippen LogP contribution in [0.2, 0.25) is 0 Å². The number of aryl methyl sites for hydroxylation is 1. The Morgan fingerprint density at radius 2 is 1.85 bits per heavy atom. The van der Waals surface area contributed by atoms with Crippen molar-refractivity contribution in [3.05, 3.63) is 59.4 Å². The maximum Gasteiger partial charge on any atom is 0.192 e. The van der Waals surface area contributed by atoms with Crippen LogP contribution < -0.4 is 0 Å². The SMILES string of the molecule is CCOC12c3ccnc(C)c3S(=O)(=O)C1C(c1ccccc1)=NC2(C)C. The molecule has 136 valence electrons. The minimum atomic E-state index is -3.68. The minimum Gasteiger partial charge on any atom is -0.366 e. The highest BCUT2D eigenvalue weighted by Crippen LogP contribution is 2.58. The van der Waals surface area contributed by atoms with E-state index in [-0.39, 0.29) is 0 Å². The Bertz CT molecular complexity index is 1010. The van der Waals surface area contributed by atoms with Crippen molar-refractivity contribution in [3.63, 3.8) is 0 Å². The summed E-state index contributed by atoms with van der Waals surface area (Å²) in [7, 11) is -3.68. The Kier molecular flexibility index (Phi) is 3.66. The molecule has 26 heavy (non-hydrogen) atoms. The van der Waals surface area contributed by atoms with Crippen LogP contribution in [0.3, 0.4) is 0 Å². The van der Waals surface area contributed by atoms with Gasteiger partial charge < -0.3 is 4.74 Å². The summed E-state index contributed by atoms with van der Waals surface area (Å²) in [6, 6.07) is 11.3. The predicted molar refractivity (Wildman–Crippen MR) is 100 cm³/mol. The van der Waals surface area contributed by atoms with Crippen LogP contribution in [0.15, 0.2) is 52.5 Å². The van der Waals surface area contributed by atoms with Crippen molar-refractivity contribution in [2.45, 2.75) is 49.0 Å². The van der Waals surface area contributed by atoms with Crippen LogP contribution in [-0.2, 0) is 20.2 Å². The molecule has 2 aliphatic rings. The molecule has 0 aliphatic carbocycles. The first-order valence-electron chi connectivity index (χ1n) is 8.76. The second kappa shape index (κ2) is 5.47. The maximum atomic E-state index is 13.6. The molecule has 0 radical (unpaired) electrons. The lowest BCUT2D eigenvalue weighted by atomic mass is 9.76. The number of pyridine rings is 1. The van der Waals surface area contributed by atoms with Gasteiger partial charge in [0.1, 0.15) is 10.9 Å². The molecule has 0 bridgehead atoms. The van der Waals surface area contributed by atoms with E-state index in [1.54, 1.807) is 19.2 Å². The molecular weight excluding hydrogens is 348 g/mol. The predicted octanol–water partition coefficient (Wildman–Crippen LogP) is 3.06. The van der Waals surface area contributed by atoms with Gasteiger partial charge in [0.05, 0.1) is 21.8 Å². The summed E-state index contributed by atoms with van der Waals surface area (Å²) in [5.74, 6) is 0. The zero-order valence-electron chi connectivity index (χ0n) is 15.4. The number of nitrogens with zero attached hydrogens (tertiary/aromatic N) is 2. The highest BCUT2D eigenvalue weighted by molar-refractivity contribution is 7.93. The van der Waals surface area contributed by atoms with Crippen molar-refractivity contribution in [2.24, 2.45) is 4.99 Å². The second-order valence-corrected chi connectivity index (χ2v) is 9.26. The van der Waals surface area contributed by atoms with E-state index in [0.29, 0.717) is 28.5 Å². The van der Waals surface area contributed by atoms with Gasteiger partial charge in [-0.05, 0) is 39.3 Å². The Hall–Kier alpha value is -2.05. The highest BCUT2D eigenvalue weighted by Gasteiger charge is 2.69. The molecule has 0 N–H and O–H groups in total. The van der Waals surface area contributed by atoms with Crippen LogP contribution in [0, 0.1) is 6.92 Å². The van der Waals surface area contributed by atoms with Crippen molar-refractivity contribution in [1.29, 1.82) is 0 Å². The molecule has 5 nitrogen and oxygen atoms in total. The third-order valence-corrected chi connectivity index (χ3v) is 7.71. The zero-order valence-corrected chi connectivity index (χ0v) is 16.2. The third kappa shape index (κ3) is 1.97. The van der Waals surface area contributed by atoms with Gasteiger partial charge in [0.15, 0.2) is 9.84 Å². The fourth-order valence-corrected chi connectivity index (χ4v) is 7.13. The largest absolute Gasteiger partial charge is 0.366 e. The zero-order chi connectivity index (χ0) is 18.7.